The quantitative estimate of drug-likeness (QED) is 0.558. The van der Waals surface area contributed by atoms with Crippen molar-refractivity contribution in [2.75, 3.05) is 13.7 Å². The van der Waals surface area contributed by atoms with Gasteiger partial charge in [0, 0.05) is 20.1 Å². The second kappa shape index (κ2) is 5.26. The Balaban J connectivity index is 2.68. The number of hydrogen-bond acceptors (Lipinski definition) is 3. The van der Waals surface area contributed by atoms with Gasteiger partial charge in [0.25, 0.3) is 0 Å². The van der Waals surface area contributed by atoms with Gasteiger partial charge in [-0.25, -0.2) is 0 Å². The van der Waals surface area contributed by atoms with Crippen LogP contribution < -0.4 is 0 Å². The summed E-state index contributed by atoms with van der Waals surface area (Å²) in [5, 5.41) is 9.20. The molecule has 0 aliphatic heterocycles. The zero-order valence-corrected chi connectivity index (χ0v) is 9.12. The zero-order chi connectivity index (χ0) is 11.3. The monoisotopic (exact) mass is 214 g/mol. The van der Waals surface area contributed by atoms with E-state index in [0.717, 1.165) is 12.8 Å². The fraction of sp³-hybridized carbons (Fsp3) is 0.818. The molecule has 0 saturated heterocycles. The van der Waals surface area contributed by atoms with Crippen LogP contribution in [0.25, 0.3) is 0 Å². The van der Waals surface area contributed by atoms with Crippen molar-refractivity contribution in [3.8, 4) is 0 Å². The Labute approximate surface area is 89.6 Å². The first-order valence-corrected chi connectivity index (χ1v) is 5.39. The van der Waals surface area contributed by atoms with E-state index in [0.29, 0.717) is 32.3 Å². The van der Waals surface area contributed by atoms with Gasteiger partial charge in [0.05, 0.1) is 0 Å². The van der Waals surface area contributed by atoms with Crippen molar-refractivity contribution < 1.29 is 19.4 Å². The summed E-state index contributed by atoms with van der Waals surface area (Å²) < 4.78 is 4.89. The number of carboxylic acid groups (broad SMARTS) is 1. The summed E-state index contributed by atoms with van der Waals surface area (Å²) in [5.41, 5.74) is -1.11. The molecule has 4 nitrogen and oxygen atoms in total. The largest absolute Gasteiger partial charge is 0.480 e. The summed E-state index contributed by atoms with van der Waals surface area (Å²) in [7, 11) is 1.58. The van der Waals surface area contributed by atoms with Crippen LogP contribution in [0.5, 0.6) is 0 Å². The topological polar surface area (TPSA) is 63.6 Å². The maximum atomic E-state index is 11.7. The van der Waals surface area contributed by atoms with Crippen LogP contribution in [0.4, 0.5) is 0 Å². The van der Waals surface area contributed by atoms with E-state index in [1.807, 2.05) is 0 Å². The number of rotatable bonds is 5. The first kappa shape index (κ1) is 12.2. The number of carboxylic acids is 1. The molecule has 1 unspecified atom stereocenters. The number of carbonyl (C=O) groups is 2. The Morgan fingerprint density at radius 1 is 1.53 bits per heavy atom. The van der Waals surface area contributed by atoms with Gasteiger partial charge in [-0.15, -0.1) is 0 Å². The third kappa shape index (κ3) is 2.56. The maximum absolute atomic E-state index is 11.7. The van der Waals surface area contributed by atoms with Gasteiger partial charge < -0.3 is 9.84 Å². The van der Waals surface area contributed by atoms with Gasteiger partial charge in [-0.3, -0.25) is 9.59 Å². The van der Waals surface area contributed by atoms with Gasteiger partial charge in [0.15, 0.2) is 0 Å². The maximum Gasteiger partial charge on any atom is 0.317 e. The highest BCUT2D eigenvalue weighted by molar-refractivity contribution is 6.03. The molecular weight excluding hydrogens is 196 g/mol. The van der Waals surface area contributed by atoms with Crippen molar-refractivity contribution in [1.82, 2.24) is 0 Å². The predicted molar refractivity (Wildman–Crippen MR) is 54.7 cm³/mol. The second-order valence-corrected chi connectivity index (χ2v) is 4.11. The Kier molecular flexibility index (Phi) is 4.27. The molecule has 0 amide bonds. The van der Waals surface area contributed by atoms with Crippen molar-refractivity contribution in [3.63, 3.8) is 0 Å². The number of hydrogen-bond donors (Lipinski definition) is 1. The van der Waals surface area contributed by atoms with Crippen LogP contribution in [0.2, 0.25) is 0 Å². The molecule has 1 atom stereocenters. The molecule has 4 heteroatoms. The van der Waals surface area contributed by atoms with Crippen molar-refractivity contribution in [2.45, 2.75) is 38.5 Å². The van der Waals surface area contributed by atoms with Gasteiger partial charge in [-0.1, -0.05) is 6.42 Å². The van der Waals surface area contributed by atoms with Crippen molar-refractivity contribution >= 4 is 11.8 Å². The number of methoxy groups -OCH3 is 1. The minimum absolute atomic E-state index is 0.0997. The summed E-state index contributed by atoms with van der Waals surface area (Å²) in [5.74, 6) is -1.05. The van der Waals surface area contributed by atoms with E-state index in [-0.39, 0.29) is 5.78 Å². The van der Waals surface area contributed by atoms with Crippen molar-refractivity contribution in [1.29, 1.82) is 0 Å². The van der Waals surface area contributed by atoms with E-state index in [9.17, 15) is 14.7 Å². The summed E-state index contributed by atoms with van der Waals surface area (Å²) >= 11 is 0. The normalized spacial score (nSPS) is 26.6. The molecule has 1 aliphatic carbocycles. The molecule has 0 heterocycles. The van der Waals surface area contributed by atoms with E-state index < -0.39 is 11.4 Å². The lowest BCUT2D eigenvalue weighted by Gasteiger charge is -2.31. The fourth-order valence-corrected chi connectivity index (χ4v) is 2.21. The molecule has 0 aromatic carbocycles. The van der Waals surface area contributed by atoms with Gasteiger partial charge in [0.2, 0.25) is 0 Å². The molecule has 15 heavy (non-hydrogen) atoms. The van der Waals surface area contributed by atoms with Crippen LogP contribution in [0.3, 0.4) is 0 Å². The highest BCUT2D eigenvalue weighted by atomic mass is 16.5. The van der Waals surface area contributed by atoms with Crippen molar-refractivity contribution in [2.24, 2.45) is 5.41 Å². The summed E-state index contributed by atoms with van der Waals surface area (Å²) in [6.45, 7) is 0.516. The molecule has 86 valence electrons. The number of ketones is 1. The molecule has 0 spiro atoms. The average molecular weight is 214 g/mol. The smallest absolute Gasteiger partial charge is 0.317 e. The van der Waals surface area contributed by atoms with Crippen LogP contribution in [0, 0.1) is 5.41 Å². The Morgan fingerprint density at radius 2 is 2.27 bits per heavy atom. The standard InChI is InChI=1S/C11H18O4/c1-15-8-4-7-11(10(13)14)6-3-2-5-9(11)12/h2-8H2,1H3,(H,13,14). The molecule has 1 N–H and O–H groups in total. The minimum atomic E-state index is -1.11. The Bertz CT molecular complexity index is 249. The minimum Gasteiger partial charge on any atom is -0.480 e. The number of aliphatic carboxylic acids is 1. The van der Waals surface area contributed by atoms with E-state index in [4.69, 9.17) is 4.74 Å². The number of Topliss-reactive ketones (excluding diaryl/α,β-unsaturated/α-hetero) is 1. The Morgan fingerprint density at radius 3 is 2.80 bits per heavy atom. The summed E-state index contributed by atoms with van der Waals surface area (Å²) in [6, 6.07) is 0. The van der Waals surface area contributed by atoms with E-state index in [1.54, 1.807) is 7.11 Å². The van der Waals surface area contributed by atoms with Crippen LogP contribution in [-0.4, -0.2) is 30.6 Å². The van der Waals surface area contributed by atoms with Crippen LogP contribution in [0.1, 0.15) is 38.5 Å². The predicted octanol–water partition coefficient (Wildman–Crippen LogP) is 1.63. The van der Waals surface area contributed by atoms with Crippen molar-refractivity contribution in [3.05, 3.63) is 0 Å². The third-order valence-corrected chi connectivity index (χ3v) is 3.15. The lowest BCUT2D eigenvalue weighted by molar-refractivity contribution is -0.158. The Hall–Kier alpha value is -0.900. The second-order valence-electron chi connectivity index (χ2n) is 4.11. The molecule has 1 saturated carbocycles. The summed E-state index contributed by atoms with van der Waals surface area (Å²) in [4.78, 5) is 22.9. The number of carbonyl (C=O) groups excluding carboxylic acids is 1. The lowest BCUT2D eigenvalue weighted by Crippen LogP contribution is -2.41. The van der Waals surface area contributed by atoms with Crippen LogP contribution >= 0.6 is 0 Å². The van der Waals surface area contributed by atoms with E-state index in [2.05, 4.69) is 0 Å². The highest BCUT2D eigenvalue weighted by Gasteiger charge is 2.45. The van der Waals surface area contributed by atoms with Gasteiger partial charge in [0.1, 0.15) is 11.2 Å². The number of ether oxygens (including phenoxy) is 1. The van der Waals surface area contributed by atoms with Crippen LogP contribution in [0.15, 0.2) is 0 Å². The van der Waals surface area contributed by atoms with Gasteiger partial charge in [-0.05, 0) is 25.7 Å². The first-order chi connectivity index (χ1) is 7.13. The van der Waals surface area contributed by atoms with Gasteiger partial charge in [-0.2, -0.15) is 0 Å². The zero-order valence-electron chi connectivity index (χ0n) is 9.12. The SMILES string of the molecule is COCCCC1(C(=O)O)CCCCC1=O. The molecule has 1 fully saturated rings. The molecular formula is C11H18O4. The van der Waals surface area contributed by atoms with E-state index in [1.165, 1.54) is 0 Å². The molecule has 1 aliphatic rings. The first-order valence-electron chi connectivity index (χ1n) is 5.39. The molecule has 0 radical (unpaired) electrons. The molecule has 0 aromatic heterocycles. The molecule has 0 bridgehead atoms. The third-order valence-electron chi connectivity index (χ3n) is 3.15. The average Bonchev–Trinajstić information content (AvgIpc) is 2.21. The lowest BCUT2D eigenvalue weighted by atomic mass is 9.70. The fourth-order valence-electron chi connectivity index (χ4n) is 2.21. The molecule has 1 rings (SSSR count). The molecule has 0 aromatic rings. The van der Waals surface area contributed by atoms with E-state index >= 15 is 0 Å². The van der Waals surface area contributed by atoms with Crippen LogP contribution in [-0.2, 0) is 14.3 Å². The highest BCUT2D eigenvalue weighted by Crippen LogP contribution is 2.37. The van der Waals surface area contributed by atoms with Gasteiger partial charge >= 0.3 is 5.97 Å². The summed E-state index contributed by atoms with van der Waals surface area (Å²) in [6.07, 6.45) is 3.62.